The van der Waals surface area contributed by atoms with Crippen LogP contribution in [-0.4, -0.2) is 39.8 Å². The van der Waals surface area contributed by atoms with Crippen molar-refractivity contribution >= 4 is 52.1 Å². The summed E-state index contributed by atoms with van der Waals surface area (Å²) in [6, 6.07) is 19.7. The third kappa shape index (κ3) is 5.54. The summed E-state index contributed by atoms with van der Waals surface area (Å²) in [5, 5.41) is 8.50. The number of carbonyl (C=O) groups is 4. The second-order valence-electron chi connectivity index (χ2n) is 9.05. The maximum absolute atomic E-state index is 13.8. The third-order valence-corrected chi connectivity index (χ3v) is 6.15. The predicted molar refractivity (Wildman–Crippen MR) is 145 cm³/mol. The molecule has 196 valence electrons. The van der Waals surface area contributed by atoms with E-state index in [9.17, 15) is 23.6 Å². The largest absolute Gasteiger partial charge is 0.337 e. The number of fused-ring (bicyclic) bond motifs is 1. The number of nitrogens with one attached hydrogen (secondary N) is 3. The zero-order valence-electron chi connectivity index (χ0n) is 20.9. The van der Waals surface area contributed by atoms with Crippen LogP contribution in [0.3, 0.4) is 0 Å². The van der Waals surface area contributed by atoms with Gasteiger partial charge in [0.25, 0.3) is 5.91 Å². The minimum absolute atomic E-state index is 0.0224. The summed E-state index contributed by atoms with van der Waals surface area (Å²) < 4.78 is 15.6. The molecular weight excluding hydrogens is 501 g/mol. The molecule has 0 spiro atoms. The fourth-order valence-electron chi connectivity index (χ4n) is 4.37. The van der Waals surface area contributed by atoms with Crippen LogP contribution in [0.4, 0.5) is 20.6 Å². The van der Waals surface area contributed by atoms with Crippen molar-refractivity contribution in [2.24, 2.45) is 0 Å². The molecule has 0 atom stereocenters. The van der Waals surface area contributed by atoms with E-state index in [1.165, 1.54) is 24.3 Å². The monoisotopic (exact) mass is 525 g/mol. The zero-order chi connectivity index (χ0) is 27.5. The lowest BCUT2D eigenvalue weighted by Gasteiger charge is -2.12. The first-order chi connectivity index (χ1) is 18.8. The van der Waals surface area contributed by atoms with Crippen molar-refractivity contribution in [1.82, 2.24) is 14.8 Å². The van der Waals surface area contributed by atoms with Crippen molar-refractivity contribution in [3.63, 3.8) is 0 Å². The minimum atomic E-state index is -0.767. The van der Waals surface area contributed by atoms with Gasteiger partial charge in [-0.1, -0.05) is 42.5 Å². The molecule has 5 amide bonds. The van der Waals surface area contributed by atoms with Gasteiger partial charge < -0.3 is 20.5 Å². The lowest BCUT2D eigenvalue weighted by Crippen LogP contribution is -2.38. The molecule has 4 aromatic rings. The molecule has 3 aromatic carbocycles. The van der Waals surface area contributed by atoms with Crippen LogP contribution in [0.5, 0.6) is 0 Å². The molecule has 1 aliphatic heterocycles. The Morgan fingerprint density at radius 1 is 0.923 bits per heavy atom. The van der Waals surface area contributed by atoms with Gasteiger partial charge in [-0.3, -0.25) is 14.4 Å². The third-order valence-electron chi connectivity index (χ3n) is 6.15. The average molecular weight is 526 g/mol. The number of aromatic nitrogens is 1. The highest BCUT2D eigenvalue weighted by atomic mass is 19.1. The fourth-order valence-corrected chi connectivity index (χ4v) is 4.37. The SMILES string of the molecule is Cc1cccc(NC(=O)Cn2cc(/C=C3/NC(=O)N(CC(=O)Nc4ccccc4F)C3=O)c3ccccc32)c1. The number of benzene rings is 3. The van der Waals surface area contributed by atoms with E-state index in [0.29, 0.717) is 11.3 Å². The molecule has 0 unspecified atom stereocenters. The Morgan fingerprint density at radius 2 is 1.67 bits per heavy atom. The van der Waals surface area contributed by atoms with Gasteiger partial charge in [0, 0.05) is 28.4 Å². The minimum Gasteiger partial charge on any atom is -0.337 e. The van der Waals surface area contributed by atoms with Gasteiger partial charge in [0.05, 0.1) is 5.69 Å². The Kier molecular flexibility index (Phi) is 6.92. The summed E-state index contributed by atoms with van der Waals surface area (Å²) in [6.07, 6.45) is 3.23. The van der Waals surface area contributed by atoms with Gasteiger partial charge >= 0.3 is 6.03 Å². The molecule has 0 radical (unpaired) electrons. The number of rotatable bonds is 7. The first-order valence-electron chi connectivity index (χ1n) is 12.1. The van der Waals surface area contributed by atoms with E-state index in [1.54, 1.807) is 16.8 Å². The number of hydrogen-bond donors (Lipinski definition) is 3. The molecule has 39 heavy (non-hydrogen) atoms. The lowest BCUT2D eigenvalue weighted by molar-refractivity contribution is -0.127. The number of aryl methyl sites for hydroxylation is 1. The summed E-state index contributed by atoms with van der Waals surface area (Å²) in [7, 11) is 0. The number of halogens is 1. The van der Waals surface area contributed by atoms with Crippen molar-refractivity contribution in [2.45, 2.75) is 13.5 Å². The molecule has 10 heteroatoms. The van der Waals surface area contributed by atoms with E-state index < -0.39 is 30.2 Å². The molecule has 1 aromatic heterocycles. The average Bonchev–Trinajstić information content (AvgIpc) is 3.37. The van der Waals surface area contributed by atoms with E-state index in [-0.39, 0.29) is 23.8 Å². The highest BCUT2D eigenvalue weighted by Crippen LogP contribution is 2.25. The Balaban J connectivity index is 1.34. The topological polar surface area (TPSA) is 113 Å². The van der Waals surface area contributed by atoms with Gasteiger partial charge in [0.1, 0.15) is 24.6 Å². The number of nitrogens with zero attached hydrogens (tertiary/aromatic N) is 2. The van der Waals surface area contributed by atoms with E-state index in [0.717, 1.165) is 21.4 Å². The summed E-state index contributed by atoms with van der Waals surface area (Å²) in [6.45, 7) is 1.38. The van der Waals surface area contributed by atoms with Gasteiger partial charge in [-0.25, -0.2) is 14.1 Å². The van der Waals surface area contributed by atoms with Crippen LogP contribution in [0.2, 0.25) is 0 Å². The molecule has 0 aliphatic carbocycles. The Labute approximate surface area is 222 Å². The summed E-state index contributed by atoms with van der Waals surface area (Å²) in [5.41, 5.74) is 3.01. The molecule has 0 saturated carbocycles. The lowest BCUT2D eigenvalue weighted by atomic mass is 10.1. The quantitative estimate of drug-likeness (QED) is 0.247. The maximum Gasteiger partial charge on any atom is 0.329 e. The first kappa shape index (κ1) is 25.4. The summed E-state index contributed by atoms with van der Waals surface area (Å²) >= 11 is 0. The number of para-hydroxylation sites is 2. The van der Waals surface area contributed by atoms with Crippen molar-refractivity contribution in [1.29, 1.82) is 0 Å². The number of carbonyl (C=O) groups excluding carboxylic acids is 4. The number of urea groups is 1. The predicted octanol–water partition coefficient (Wildman–Crippen LogP) is 4.26. The molecule has 0 bridgehead atoms. The van der Waals surface area contributed by atoms with Crippen LogP contribution >= 0.6 is 0 Å². The molecular formula is C29H24FN5O4. The molecule has 5 rings (SSSR count). The van der Waals surface area contributed by atoms with E-state index in [4.69, 9.17) is 0 Å². The van der Waals surface area contributed by atoms with E-state index in [1.807, 2.05) is 55.5 Å². The molecule has 3 N–H and O–H groups in total. The van der Waals surface area contributed by atoms with Crippen molar-refractivity contribution in [3.8, 4) is 0 Å². The standard InChI is InChI=1S/C29H24FN5O4/c1-18-7-6-8-20(13-18)31-26(36)16-34-15-19(21-9-2-5-12-25(21)34)14-24-28(38)35(29(39)33-24)17-27(37)32-23-11-4-3-10-22(23)30/h2-15H,16-17H2,1H3,(H,31,36)(H,32,37)(H,33,39)/b24-14+. The van der Waals surface area contributed by atoms with Gasteiger partial charge in [-0.15, -0.1) is 0 Å². The number of imide groups is 1. The van der Waals surface area contributed by atoms with E-state index >= 15 is 0 Å². The molecule has 1 saturated heterocycles. The van der Waals surface area contributed by atoms with Gasteiger partial charge in [-0.2, -0.15) is 0 Å². The maximum atomic E-state index is 13.8. The Hall–Kier alpha value is -5.25. The van der Waals surface area contributed by atoms with Crippen molar-refractivity contribution < 1.29 is 23.6 Å². The highest BCUT2D eigenvalue weighted by molar-refractivity contribution is 6.16. The van der Waals surface area contributed by atoms with Crippen LogP contribution in [0, 0.1) is 12.7 Å². The van der Waals surface area contributed by atoms with Crippen LogP contribution in [-0.2, 0) is 20.9 Å². The van der Waals surface area contributed by atoms with Crippen LogP contribution in [0.25, 0.3) is 17.0 Å². The smallest absolute Gasteiger partial charge is 0.329 e. The normalized spacial score (nSPS) is 14.1. The van der Waals surface area contributed by atoms with Crippen LogP contribution in [0.15, 0.2) is 84.7 Å². The van der Waals surface area contributed by atoms with E-state index in [2.05, 4.69) is 16.0 Å². The summed E-state index contributed by atoms with van der Waals surface area (Å²) in [5.74, 6) is -2.27. The number of anilines is 2. The second kappa shape index (κ2) is 10.6. The van der Waals surface area contributed by atoms with Crippen molar-refractivity contribution in [2.75, 3.05) is 17.2 Å². The molecule has 9 nitrogen and oxygen atoms in total. The molecule has 2 heterocycles. The molecule has 1 aliphatic rings. The second-order valence-corrected chi connectivity index (χ2v) is 9.05. The van der Waals surface area contributed by atoms with Gasteiger partial charge in [-0.05, 0) is 48.9 Å². The Bertz CT molecular complexity index is 1660. The number of hydrogen-bond acceptors (Lipinski definition) is 4. The Morgan fingerprint density at radius 3 is 2.46 bits per heavy atom. The zero-order valence-corrected chi connectivity index (χ0v) is 20.9. The van der Waals surface area contributed by atoms with Gasteiger partial charge in [0.2, 0.25) is 11.8 Å². The van der Waals surface area contributed by atoms with Crippen LogP contribution in [0.1, 0.15) is 11.1 Å². The van der Waals surface area contributed by atoms with Crippen LogP contribution < -0.4 is 16.0 Å². The first-order valence-corrected chi connectivity index (χ1v) is 12.1. The highest BCUT2D eigenvalue weighted by Gasteiger charge is 2.35. The number of amides is 5. The molecule has 1 fully saturated rings. The summed E-state index contributed by atoms with van der Waals surface area (Å²) in [4.78, 5) is 51.4. The van der Waals surface area contributed by atoms with Gasteiger partial charge in [0.15, 0.2) is 0 Å². The van der Waals surface area contributed by atoms with Crippen molar-refractivity contribution in [3.05, 3.63) is 102 Å². The fraction of sp³-hybridized carbons (Fsp3) is 0.103.